The second kappa shape index (κ2) is 12.3. The average Bonchev–Trinajstić information content (AvgIpc) is 3.03. The first-order valence-electron chi connectivity index (χ1n) is 13.2. The van der Waals surface area contributed by atoms with Crippen LogP contribution in [0.25, 0.3) is 0 Å². The number of hydrogen-bond acceptors (Lipinski definition) is 10. The fourth-order valence-electron chi connectivity index (χ4n) is 4.80. The monoisotopic (exact) mass is 606 g/mol. The van der Waals surface area contributed by atoms with Gasteiger partial charge < -0.3 is 9.80 Å². The molecule has 14 nitrogen and oxygen atoms in total. The van der Waals surface area contributed by atoms with Crippen molar-refractivity contribution in [2.75, 3.05) is 9.80 Å². The van der Waals surface area contributed by atoms with Gasteiger partial charge in [0.2, 0.25) is 0 Å². The van der Waals surface area contributed by atoms with Crippen LogP contribution in [-0.4, -0.2) is 19.7 Å². The Labute approximate surface area is 254 Å². The van der Waals surface area contributed by atoms with Gasteiger partial charge in [-0.05, 0) is 79.2 Å². The summed E-state index contributed by atoms with van der Waals surface area (Å²) in [5, 5.41) is 45.1. The Morgan fingerprint density at radius 3 is 0.933 bits per heavy atom. The highest BCUT2D eigenvalue weighted by Gasteiger charge is 2.21. The first-order chi connectivity index (χ1) is 21.5. The highest BCUT2D eigenvalue weighted by Crippen LogP contribution is 2.42. The van der Waals surface area contributed by atoms with E-state index < -0.39 is 19.7 Å². The van der Waals surface area contributed by atoms with Gasteiger partial charge >= 0.3 is 0 Å². The zero-order chi connectivity index (χ0) is 32.2. The van der Waals surface area contributed by atoms with Crippen LogP contribution >= 0.6 is 0 Å². The van der Waals surface area contributed by atoms with E-state index in [4.69, 9.17) is 0 Å². The SMILES string of the molecule is Cc1cc(N(c2ccc([N+](=O)[O-])cc2)c2ccc([N+](=O)[O-])cc2)ccc1N(c1ccc([N+](=O)[O-])cc1)c1ccc([N+](=O)[O-])cc1. The maximum absolute atomic E-state index is 11.3. The molecule has 0 saturated heterocycles. The average molecular weight is 607 g/mol. The fourth-order valence-corrected chi connectivity index (χ4v) is 4.80. The molecule has 0 heterocycles. The number of benzene rings is 5. The summed E-state index contributed by atoms with van der Waals surface area (Å²) in [6, 6.07) is 28.9. The number of hydrogen-bond donors (Lipinski definition) is 0. The van der Waals surface area contributed by atoms with Crippen LogP contribution in [0.5, 0.6) is 0 Å². The number of nitro groups is 4. The van der Waals surface area contributed by atoms with E-state index in [1.165, 1.54) is 48.5 Å². The number of nitrogens with zero attached hydrogens (tertiary/aromatic N) is 6. The molecule has 0 aliphatic heterocycles. The van der Waals surface area contributed by atoms with Gasteiger partial charge in [0.05, 0.1) is 19.7 Å². The first-order valence-corrected chi connectivity index (χ1v) is 13.2. The Kier molecular flexibility index (Phi) is 8.12. The summed E-state index contributed by atoms with van der Waals surface area (Å²) >= 11 is 0. The molecular weight excluding hydrogens is 584 g/mol. The molecule has 0 saturated carbocycles. The van der Waals surface area contributed by atoms with Gasteiger partial charge in [-0.2, -0.15) is 0 Å². The molecule has 0 spiro atoms. The van der Waals surface area contributed by atoms with Crippen LogP contribution in [-0.2, 0) is 0 Å². The number of nitro benzene ring substituents is 4. The molecule has 0 aromatic heterocycles. The Hall–Kier alpha value is -6.70. The second-order valence-corrected chi connectivity index (χ2v) is 9.74. The van der Waals surface area contributed by atoms with Crippen LogP contribution in [0, 0.1) is 47.4 Å². The van der Waals surface area contributed by atoms with Gasteiger partial charge in [-0.25, -0.2) is 0 Å². The lowest BCUT2D eigenvalue weighted by Gasteiger charge is -2.29. The summed E-state index contributed by atoms with van der Waals surface area (Å²) in [4.78, 5) is 46.6. The van der Waals surface area contributed by atoms with E-state index in [0.29, 0.717) is 34.1 Å². The van der Waals surface area contributed by atoms with Crippen LogP contribution < -0.4 is 9.80 Å². The largest absolute Gasteiger partial charge is 0.310 e. The quantitative estimate of drug-likeness (QED) is 0.110. The van der Waals surface area contributed by atoms with Crippen molar-refractivity contribution in [3.8, 4) is 0 Å². The summed E-state index contributed by atoms with van der Waals surface area (Å²) in [7, 11) is 0. The molecule has 0 fully saturated rings. The van der Waals surface area contributed by atoms with Crippen molar-refractivity contribution in [1.29, 1.82) is 0 Å². The van der Waals surface area contributed by atoms with E-state index in [2.05, 4.69) is 0 Å². The van der Waals surface area contributed by atoms with Gasteiger partial charge in [-0.3, -0.25) is 40.5 Å². The summed E-state index contributed by atoms with van der Waals surface area (Å²) in [6.07, 6.45) is 0. The van der Waals surface area contributed by atoms with E-state index in [1.54, 1.807) is 70.5 Å². The van der Waals surface area contributed by atoms with Crippen molar-refractivity contribution in [2.24, 2.45) is 0 Å². The van der Waals surface area contributed by atoms with Crippen LogP contribution in [0.2, 0.25) is 0 Å². The molecule has 0 aliphatic rings. The second-order valence-electron chi connectivity index (χ2n) is 9.74. The highest BCUT2D eigenvalue weighted by molar-refractivity contribution is 5.83. The fraction of sp³-hybridized carbons (Fsp3) is 0.0323. The van der Waals surface area contributed by atoms with E-state index in [-0.39, 0.29) is 22.7 Å². The minimum absolute atomic E-state index is 0.101. The third kappa shape index (κ3) is 6.24. The van der Waals surface area contributed by atoms with Crippen molar-refractivity contribution >= 4 is 56.9 Å². The Morgan fingerprint density at radius 2 is 0.667 bits per heavy atom. The minimum Gasteiger partial charge on any atom is -0.310 e. The van der Waals surface area contributed by atoms with Crippen LogP contribution in [0.4, 0.5) is 56.9 Å². The first kappa shape index (κ1) is 29.8. The molecular formula is C31H22N6O8. The summed E-state index contributed by atoms with van der Waals surface area (Å²) in [5.74, 6) is 0. The Balaban J connectivity index is 1.63. The van der Waals surface area contributed by atoms with E-state index >= 15 is 0 Å². The number of anilines is 6. The van der Waals surface area contributed by atoms with Gasteiger partial charge in [-0.1, -0.05) is 0 Å². The molecule has 5 rings (SSSR count). The van der Waals surface area contributed by atoms with E-state index in [1.807, 2.05) is 13.0 Å². The van der Waals surface area contributed by atoms with E-state index in [0.717, 1.165) is 5.56 Å². The lowest BCUT2D eigenvalue weighted by molar-refractivity contribution is -0.385. The maximum Gasteiger partial charge on any atom is 0.269 e. The molecule has 0 atom stereocenters. The Bertz CT molecular complexity index is 1800. The van der Waals surface area contributed by atoms with Crippen LogP contribution in [0.3, 0.4) is 0 Å². The lowest BCUT2D eigenvalue weighted by atomic mass is 10.1. The number of aryl methyl sites for hydroxylation is 1. The predicted molar refractivity (Wildman–Crippen MR) is 167 cm³/mol. The summed E-state index contributed by atoms with van der Waals surface area (Å²) < 4.78 is 0. The Morgan fingerprint density at radius 1 is 0.400 bits per heavy atom. The van der Waals surface area contributed by atoms with Gasteiger partial charge in [0, 0.05) is 82.7 Å². The minimum atomic E-state index is -0.510. The van der Waals surface area contributed by atoms with Gasteiger partial charge in [0.15, 0.2) is 0 Å². The molecule has 0 N–H and O–H groups in total. The molecule has 5 aromatic carbocycles. The molecule has 0 amide bonds. The van der Waals surface area contributed by atoms with Gasteiger partial charge in [0.25, 0.3) is 22.7 Å². The lowest BCUT2D eigenvalue weighted by Crippen LogP contribution is -2.13. The molecule has 0 aliphatic carbocycles. The standard InChI is InChI=1S/C31H22N6O8/c1-21-20-30(32(22-2-10-26(11-3-22)34(38)39)23-4-12-27(13-5-23)35(40)41)18-19-31(21)33(24-6-14-28(15-7-24)36(42)43)25-8-16-29(17-9-25)37(44)45/h2-20H,1H3. The maximum atomic E-state index is 11.3. The van der Waals surface area contributed by atoms with Crippen molar-refractivity contribution < 1.29 is 19.7 Å². The number of rotatable bonds is 10. The summed E-state index contributed by atoms with van der Waals surface area (Å²) in [6.45, 7) is 1.84. The molecule has 0 unspecified atom stereocenters. The topological polar surface area (TPSA) is 179 Å². The summed E-state index contributed by atoms with van der Waals surface area (Å²) in [5.41, 5.74) is 3.87. The molecule has 224 valence electrons. The van der Waals surface area contributed by atoms with Crippen LogP contribution in [0.15, 0.2) is 115 Å². The molecule has 14 heteroatoms. The van der Waals surface area contributed by atoms with Crippen molar-refractivity contribution in [3.63, 3.8) is 0 Å². The normalized spacial score (nSPS) is 10.6. The zero-order valence-corrected chi connectivity index (χ0v) is 23.4. The third-order valence-corrected chi connectivity index (χ3v) is 6.95. The van der Waals surface area contributed by atoms with Gasteiger partial charge in [-0.15, -0.1) is 0 Å². The molecule has 0 radical (unpaired) electrons. The molecule has 5 aromatic rings. The molecule has 45 heavy (non-hydrogen) atoms. The zero-order valence-electron chi connectivity index (χ0n) is 23.4. The van der Waals surface area contributed by atoms with Crippen molar-refractivity contribution in [3.05, 3.63) is 161 Å². The number of non-ortho nitro benzene ring substituents is 4. The molecule has 0 bridgehead atoms. The van der Waals surface area contributed by atoms with E-state index in [9.17, 15) is 40.5 Å². The van der Waals surface area contributed by atoms with Crippen molar-refractivity contribution in [2.45, 2.75) is 6.92 Å². The van der Waals surface area contributed by atoms with Crippen molar-refractivity contribution in [1.82, 2.24) is 0 Å². The van der Waals surface area contributed by atoms with Crippen LogP contribution in [0.1, 0.15) is 5.56 Å². The van der Waals surface area contributed by atoms with Gasteiger partial charge in [0.1, 0.15) is 0 Å². The smallest absolute Gasteiger partial charge is 0.269 e. The predicted octanol–water partition coefficient (Wildman–Crippen LogP) is 8.57. The third-order valence-electron chi connectivity index (χ3n) is 6.95. The highest BCUT2D eigenvalue weighted by atomic mass is 16.6.